The first-order chi connectivity index (χ1) is 15.4. The van der Waals surface area contributed by atoms with E-state index in [9.17, 15) is 0 Å². The van der Waals surface area contributed by atoms with Crippen LogP contribution >= 0.6 is 0 Å². The monoisotopic (exact) mass is 399 g/mol. The molecule has 144 valence electrons. The molecule has 5 heteroatoms. The summed E-state index contributed by atoms with van der Waals surface area (Å²) >= 11 is 0. The van der Waals surface area contributed by atoms with Crippen molar-refractivity contribution >= 4 is 71.3 Å². The van der Waals surface area contributed by atoms with Crippen LogP contribution in [-0.4, -0.2) is 14.4 Å². The fraction of sp³-hybridized carbons (Fsp3) is 0. The predicted molar refractivity (Wildman–Crippen MR) is 123 cm³/mol. The Morgan fingerprint density at radius 3 is 2.35 bits per heavy atom. The number of para-hydroxylation sites is 1. The van der Waals surface area contributed by atoms with Crippen LogP contribution in [-0.2, 0) is 0 Å². The van der Waals surface area contributed by atoms with E-state index in [1.807, 2.05) is 55.0 Å². The molecule has 0 unspecified atom stereocenters. The van der Waals surface area contributed by atoms with Crippen molar-refractivity contribution in [3.05, 3.63) is 79.3 Å². The highest BCUT2D eigenvalue weighted by atomic mass is 16.3. The van der Waals surface area contributed by atoms with E-state index in [0.717, 1.165) is 71.3 Å². The van der Waals surface area contributed by atoms with Crippen LogP contribution < -0.4 is 0 Å². The van der Waals surface area contributed by atoms with Crippen LogP contribution in [0.4, 0.5) is 0 Å². The average Bonchev–Trinajstić information content (AvgIpc) is 3.52. The van der Waals surface area contributed by atoms with Gasteiger partial charge in [-0.2, -0.15) is 0 Å². The van der Waals surface area contributed by atoms with Crippen molar-refractivity contribution in [1.82, 2.24) is 14.4 Å². The number of fused-ring (bicyclic) bond motifs is 13. The van der Waals surface area contributed by atoms with Crippen molar-refractivity contribution in [2.45, 2.75) is 0 Å². The van der Waals surface area contributed by atoms with E-state index in [0.29, 0.717) is 0 Å². The van der Waals surface area contributed by atoms with Gasteiger partial charge in [-0.05, 0) is 42.5 Å². The van der Waals surface area contributed by atoms with Crippen LogP contribution in [0.25, 0.3) is 71.3 Å². The van der Waals surface area contributed by atoms with Crippen LogP contribution in [0.5, 0.6) is 0 Å². The SMILES string of the molecule is c1ccc2c(c1)oc1ccc3oc4cc5c6ncccc6c6nccn6c5cc4c3c12. The van der Waals surface area contributed by atoms with E-state index in [4.69, 9.17) is 8.83 Å². The summed E-state index contributed by atoms with van der Waals surface area (Å²) in [7, 11) is 0. The second-order valence-corrected chi connectivity index (χ2v) is 7.90. The molecular formula is C26H13N3O2. The quantitative estimate of drug-likeness (QED) is 0.262. The van der Waals surface area contributed by atoms with Gasteiger partial charge in [-0.1, -0.05) is 18.2 Å². The van der Waals surface area contributed by atoms with E-state index in [2.05, 4.69) is 38.6 Å². The molecule has 0 spiro atoms. The third-order valence-corrected chi connectivity index (χ3v) is 6.30. The van der Waals surface area contributed by atoms with E-state index in [1.165, 1.54) is 0 Å². The maximum absolute atomic E-state index is 6.34. The standard InChI is InChI=1S/C26H13N3O2/c1-2-6-19-14(4-1)23-20(30-19)7-8-21-24(23)17-12-18-16(13-22(17)31-21)25-15(5-3-9-27-25)26-28-10-11-29(18)26/h1-13H. The van der Waals surface area contributed by atoms with Gasteiger partial charge in [-0.3, -0.25) is 9.38 Å². The fourth-order valence-corrected chi connectivity index (χ4v) is 5.00. The Labute approximate surface area is 174 Å². The number of hydrogen-bond acceptors (Lipinski definition) is 4. The number of nitrogens with zero attached hydrogens (tertiary/aromatic N) is 3. The highest BCUT2D eigenvalue weighted by molar-refractivity contribution is 6.27. The molecule has 5 heterocycles. The van der Waals surface area contributed by atoms with Gasteiger partial charge in [-0.15, -0.1) is 0 Å². The zero-order valence-electron chi connectivity index (χ0n) is 16.2. The summed E-state index contributed by atoms with van der Waals surface area (Å²) in [5, 5.41) is 6.39. The lowest BCUT2D eigenvalue weighted by Gasteiger charge is -2.07. The van der Waals surface area contributed by atoms with E-state index in [-0.39, 0.29) is 0 Å². The number of rotatable bonds is 0. The Balaban J connectivity index is 1.67. The van der Waals surface area contributed by atoms with Crippen molar-refractivity contribution in [3.8, 4) is 0 Å². The minimum Gasteiger partial charge on any atom is -0.456 e. The molecular weight excluding hydrogens is 386 g/mol. The first kappa shape index (κ1) is 15.5. The molecule has 5 aromatic heterocycles. The maximum Gasteiger partial charge on any atom is 0.146 e. The first-order valence-electron chi connectivity index (χ1n) is 10.2. The van der Waals surface area contributed by atoms with E-state index >= 15 is 0 Å². The van der Waals surface area contributed by atoms with Crippen LogP contribution in [0.3, 0.4) is 0 Å². The Kier molecular flexibility index (Phi) is 2.60. The zero-order valence-corrected chi connectivity index (χ0v) is 16.2. The smallest absolute Gasteiger partial charge is 0.146 e. The van der Waals surface area contributed by atoms with E-state index < -0.39 is 0 Å². The van der Waals surface area contributed by atoms with Crippen LogP contribution in [0.1, 0.15) is 0 Å². The Morgan fingerprint density at radius 2 is 1.42 bits per heavy atom. The van der Waals surface area contributed by atoms with Crippen LogP contribution in [0.2, 0.25) is 0 Å². The first-order valence-corrected chi connectivity index (χ1v) is 10.2. The molecule has 0 saturated heterocycles. The summed E-state index contributed by atoms with van der Waals surface area (Å²) in [5.74, 6) is 0. The van der Waals surface area contributed by atoms with E-state index in [1.54, 1.807) is 0 Å². The van der Waals surface area contributed by atoms with Crippen molar-refractivity contribution < 1.29 is 8.83 Å². The number of aromatic nitrogens is 3. The molecule has 0 radical (unpaired) electrons. The average molecular weight is 399 g/mol. The van der Waals surface area contributed by atoms with Gasteiger partial charge in [-0.25, -0.2) is 4.98 Å². The predicted octanol–water partition coefficient (Wildman–Crippen LogP) is 6.83. The molecule has 0 bridgehead atoms. The number of furan rings is 2. The molecule has 8 rings (SSSR count). The van der Waals surface area contributed by atoms with Gasteiger partial charge in [0.2, 0.25) is 0 Å². The van der Waals surface area contributed by atoms with Gasteiger partial charge in [0.1, 0.15) is 28.0 Å². The van der Waals surface area contributed by atoms with Crippen molar-refractivity contribution in [1.29, 1.82) is 0 Å². The summed E-state index contributed by atoms with van der Waals surface area (Å²) in [4.78, 5) is 9.27. The summed E-state index contributed by atoms with van der Waals surface area (Å²) in [6.45, 7) is 0. The summed E-state index contributed by atoms with van der Waals surface area (Å²) in [6.07, 6.45) is 5.66. The van der Waals surface area contributed by atoms with Gasteiger partial charge in [0.15, 0.2) is 0 Å². The van der Waals surface area contributed by atoms with Crippen LogP contribution in [0.15, 0.2) is 88.1 Å². The molecule has 0 aliphatic rings. The summed E-state index contributed by atoms with van der Waals surface area (Å²) < 4.78 is 14.6. The Morgan fingerprint density at radius 1 is 0.613 bits per heavy atom. The van der Waals surface area contributed by atoms with Gasteiger partial charge in [0.25, 0.3) is 0 Å². The number of imidazole rings is 1. The minimum absolute atomic E-state index is 0.840. The normalized spacial score (nSPS) is 12.5. The second-order valence-electron chi connectivity index (χ2n) is 7.90. The molecule has 0 amide bonds. The Bertz CT molecular complexity index is 2010. The van der Waals surface area contributed by atoms with Gasteiger partial charge < -0.3 is 8.83 Å². The summed E-state index contributed by atoms with van der Waals surface area (Å²) in [6, 6.07) is 20.4. The lowest BCUT2D eigenvalue weighted by molar-refractivity contribution is 0.663. The molecule has 0 aliphatic heterocycles. The third kappa shape index (κ3) is 1.82. The largest absolute Gasteiger partial charge is 0.456 e. The van der Waals surface area contributed by atoms with Gasteiger partial charge >= 0.3 is 0 Å². The summed E-state index contributed by atoms with van der Waals surface area (Å²) in [5.41, 5.74) is 6.32. The maximum atomic E-state index is 6.34. The fourth-order valence-electron chi connectivity index (χ4n) is 5.00. The second kappa shape index (κ2) is 5.21. The Hall–Kier alpha value is -4.38. The number of pyridine rings is 2. The number of hydrogen-bond donors (Lipinski definition) is 0. The van der Waals surface area contributed by atoms with Crippen molar-refractivity contribution in [2.75, 3.05) is 0 Å². The van der Waals surface area contributed by atoms with Crippen molar-refractivity contribution in [3.63, 3.8) is 0 Å². The molecule has 0 saturated carbocycles. The molecule has 5 nitrogen and oxygen atoms in total. The van der Waals surface area contributed by atoms with Gasteiger partial charge in [0, 0.05) is 50.9 Å². The highest BCUT2D eigenvalue weighted by Gasteiger charge is 2.18. The molecule has 0 atom stereocenters. The molecule has 0 N–H and O–H groups in total. The molecule has 8 aromatic rings. The molecule has 3 aromatic carbocycles. The van der Waals surface area contributed by atoms with Crippen molar-refractivity contribution in [2.24, 2.45) is 0 Å². The molecule has 31 heavy (non-hydrogen) atoms. The lowest BCUT2D eigenvalue weighted by Crippen LogP contribution is -1.91. The minimum atomic E-state index is 0.840. The lowest BCUT2D eigenvalue weighted by atomic mass is 10.0. The zero-order chi connectivity index (χ0) is 20.1. The molecule has 0 aliphatic carbocycles. The van der Waals surface area contributed by atoms with Gasteiger partial charge in [0.05, 0.1) is 11.0 Å². The van der Waals surface area contributed by atoms with Crippen LogP contribution in [0, 0.1) is 0 Å². The number of benzene rings is 3. The highest BCUT2D eigenvalue weighted by Crippen LogP contribution is 2.41. The molecule has 0 fully saturated rings. The topological polar surface area (TPSA) is 56.5 Å². The third-order valence-electron chi connectivity index (χ3n) is 6.30.